The lowest BCUT2D eigenvalue weighted by Crippen LogP contribution is -2.56. The first kappa shape index (κ1) is 27.9. The molecule has 0 amide bonds. The van der Waals surface area contributed by atoms with Crippen molar-refractivity contribution >= 4 is 17.9 Å². The van der Waals surface area contributed by atoms with Crippen LogP contribution in [0.15, 0.2) is 41.5 Å². The molecule has 0 aromatic heterocycles. The van der Waals surface area contributed by atoms with Gasteiger partial charge in [0.25, 0.3) is 0 Å². The van der Waals surface area contributed by atoms with E-state index in [1.54, 1.807) is 26.1 Å². The Bertz CT molecular complexity index is 764. The van der Waals surface area contributed by atoms with Crippen molar-refractivity contribution in [3.8, 4) is 0 Å². The number of nitrogens with zero attached hydrogens (tertiary/aromatic N) is 1. The average Bonchev–Trinajstić information content (AvgIpc) is 2.81. The van der Waals surface area contributed by atoms with E-state index < -0.39 is 24.5 Å². The van der Waals surface area contributed by atoms with Crippen molar-refractivity contribution in [2.75, 3.05) is 26.4 Å². The first-order valence-corrected chi connectivity index (χ1v) is 11.9. The van der Waals surface area contributed by atoms with Gasteiger partial charge < -0.3 is 34.7 Å². The predicted octanol–water partition coefficient (Wildman–Crippen LogP) is 3.36. The molecule has 3 N–H and O–H groups in total. The van der Waals surface area contributed by atoms with Crippen molar-refractivity contribution in [2.24, 2.45) is 10.7 Å². The van der Waals surface area contributed by atoms with Gasteiger partial charge >= 0.3 is 5.97 Å². The Balaban J connectivity index is 1.90. The normalized spacial score (nSPS) is 20.8. The Hall–Kier alpha value is -2.30. The number of carbonyl (C=O) groups excluding carboxylic acids is 1. The summed E-state index contributed by atoms with van der Waals surface area (Å²) >= 11 is 0. The van der Waals surface area contributed by atoms with Crippen LogP contribution in [0.4, 0.5) is 5.69 Å². The van der Waals surface area contributed by atoms with Crippen LogP contribution < -0.4 is 11.1 Å². The van der Waals surface area contributed by atoms with Gasteiger partial charge in [-0.1, -0.05) is 25.5 Å². The Morgan fingerprint density at radius 1 is 1.21 bits per heavy atom. The number of ether oxygens (including phenoxy) is 5. The molecule has 0 unspecified atom stereocenters. The lowest BCUT2D eigenvalue weighted by atomic mass is 10.1. The van der Waals surface area contributed by atoms with E-state index in [1.165, 1.54) is 6.20 Å². The van der Waals surface area contributed by atoms with Gasteiger partial charge in [-0.05, 0) is 57.2 Å². The molecule has 1 aromatic carbocycles. The Labute approximate surface area is 202 Å². The Morgan fingerprint density at radius 3 is 2.56 bits per heavy atom. The van der Waals surface area contributed by atoms with Gasteiger partial charge in [-0.3, -0.25) is 4.99 Å². The summed E-state index contributed by atoms with van der Waals surface area (Å²) in [6, 6.07) is 8.01. The second kappa shape index (κ2) is 15.6. The highest BCUT2D eigenvalue weighted by molar-refractivity contribution is 5.75. The Morgan fingerprint density at radius 2 is 1.94 bits per heavy atom. The molecular formula is C25H39N3O6. The highest BCUT2D eigenvalue weighted by Gasteiger charge is 2.44. The molecule has 1 aliphatic rings. The van der Waals surface area contributed by atoms with E-state index in [-0.39, 0.29) is 25.5 Å². The van der Waals surface area contributed by atoms with Crippen LogP contribution in [0.2, 0.25) is 0 Å². The number of esters is 1. The minimum absolute atomic E-state index is 0.0855. The molecule has 0 spiro atoms. The molecule has 2 rings (SSSR count). The number of nitrogens with one attached hydrogen (secondary N) is 1. The number of hydrogen-bond donors (Lipinski definition) is 2. The van der Waals surface area contributed by atoms with Crippen molar-refractivity contribution in [1.82, 2.24) is 5.32 Å². The number of carbonyl (C=O) groups is 1. The van der Waals surface area contributed by atoms with E-state index in [9.17, 15) is 4.79 Å². The first-order valence-electron chi connectivity index (χ1n) is 11.9. The summed E-state index contributed by atoms with van der Waals surface area (Å²) in [5.74, 6) is -0.482. The second-order valence-electron chi connectivity index (χ2n) is 7.87. The van der Waals surface area contributed by atoms with Crippen molar-refractivity contribution in [2.45, 2.75) is 71.4 Å². The van der Waals surface area contributed by atoms with Crippen LogP contribution >= 0.6 is 0 Å². The summed E-state index contributed by atoms with van der Waals surface area (Å²) in [7, 11) is 0. The first-order chi connectivity index (χ1) is 16.5. The van der Waals surface area contributed by atoms with Crippen LogP contribution in [0.1, 0.15) is 52.1 Å². The molecule has 1 aliphatic heterocycles. The molecule has 0 aliphatic carbocycles. The minimum Gasteiger partial charge on any atom is -0.464 e. The van der Waals surface area contributed by atoms with Gasteiger partial charge in [0.05, 0.1) is 18.9 Å². The fraction of sp³-hybridized carbons (Fsp3) is 0.600. The van der Waals surface area contributed by atoms with Crippen LogP contribution in [-0.4, -0.2) is 63.3 Å². The fourth-order valence-corrected chi connectivity index (χ4v) is 3.34. The van der Waals surface area contributed by atoms with E-state index in [0.717, 1.165) is 24.1 Å². The number of benzene rings is 1. The summed E-state index contributed by atoms with van der Waals surface area (Å²) in [6.07, 6.45) is 3.97. The zero-order valence-corrected chi connectivity index (χ0v) is 20.6. The maximum absolute atomic E-state index is 12.6. The van der Waals surface area contributed by atoms with Gasteiger partial charge in [-0.2, -0.15) is 0 Å². The molecular weight excluding hydrogens is 438 g/mol. The number of rotatable bonds is 16. The quantitative estimate of drug-likeness (QED) is 0.212. The third-order valence-corrected chi connectivity index (χ3v) is 5.21. The van der Waals surface area contributed by atoms with Crippen molar-refractivity contribution < 1.29 is 28.5 Å². The summed E-state index contributed by atoms with van der Waals surface area (Å²) in [6.45, 7) is 9.24. The molecule has 0 saturated carbocycles. The molecule has 9 nitrogen and oxygen atoms in total. The third kappa shape index (κ3) is 9.15. The molecule has 1 heterocycles. The minimum atomic E-state index is -0.939. The summed E-state index contributed by atoms with van der Waals surface area (Å²) in [5, 5.41) is 3.41. The molecule has 9 heteroatoms. The Kier molecular flexibility index (Phi) is 12.8. The van der Waals surface area contributed by atoms with Crippen molar-refractivity contribution in [3.05, 3.63) is 42.1 Å². The van der Waals surface area contributed by atoms with Crippen LogP contribution in [-0.2, 0) is 28.5 Å². The van der Waals surface area contributed by atoms with Crippen LogP contribution in [0.3, 0.4) is 0 Å². The third-order valence-electron chi connectivity index (χ3n) is 5.21. The number of hydrogen-bond acceptors (Lipinski definition) is 9. The maximum Gasteiger partial charge on any atom is 0.338 e. The highest BCUT2D eigenvalue weighted by atomic mass is 16.9. The lowest BCUT2D eigenvalue weighted by molar-refractivity contribution is -0.408. The van der Waals surface area contributed by atoms with Gasteiger partial charge in [0.2, 0.25) is 0 Å². The van der Waals surface area contributed by atoms with Gasteiger partial charge in [0, 0.05) is 25.4 Å². The monoisotopic (exact) mass is 477 g/mol. The average molecular weight is 478 g/mol. The van der Waals surface area contributed by atoms with E-state index >= 15 is 0 Å². The molecule has 3 atom stereocenters. The van der Waals surface area contributed by atoms with Crippen LogP contribution in [0.5, 0.6) is 0 Å². The smallest absolute Gasteiger partial charge is 0.338 e. The van der Waals surface area contributed by atoms with Crippen molar-refractivity contribution in [3.63, 3.8) is 0 Å². The molecule has 1 aromatic rings. The zero-order chi connectivity index (χ0) is 24.8. The van der Waals surface area contributed by atoms with E-state index in [4.69, 9.17) is 29.4 Å². The molecule has 1 fully saturated rings. The molecule has 190 valence electrons. The largest absolute Gasteiger partial charge is 0.464 e. The lowest BCUT2D eigenvalue weighted by Gasteiger charge is -2.40. The fourth-order valence-electron chi connectivity index (χ4n) is 3.34. The number of allylic oxidation sites excluding steroid dienone is 1. The summed E-state index contributed by atoms with van der Waals surface area (Å²) in [5.41, 5.74) is 7.26. The molecule has 34 heavy (non-hydrogen) atoms. The van der Waals surface area contributed by atoms with E-state index in [2.05, 4.69) is 24.2 Å². The van der Waals surface area contributed by atoms with E-state index in [0.29, 0.717) is 13.2 Å². The number of nitrogens with two attached hydrogens (primary N) is 1. The zero-order valence-electron chi connectivity index (χ0n) is 20.6. The van der Waals surface area contributed by atoms with E-state index in [1.807, 2.05) is 24.3 Å². The van der Waals surface area contributed by atoms with Gasteiger partial charge in [-0.15, -0.1) is 0 Å². The SMILES string of the molecule is CCCCO[C@@H](C1OC(C)O1)[C@@H](OCCN[C@H](C)c1ccc(N=CC=CN)cc1)C(=O)OCC. The standard InChI is InChI=1S/C25H39N3O6/c1-5-7-16-31-23(25-33-19(4)34-25)22(24(29)30-6-2)32-17-15-27-18(3)20-9-11-21(12-10-20)28-14-8-13-26/h8-14,18-19,22-23,25,27H,5-7,15-17,26H2,1-4H3/t18-,19?,22-,23-,25?/m1/s1. The summed E-state index contributed by atoms with van der Waals surface area (Å²) < 4.78 is 28.3. The van der Waals surface area contributed by atoms with Gasteiger partial charge in [0.1, 0.15) is 6.10 Å². The molecule has 0 bridgehead atoms. The topological polar surface area (TPSA) is 114 Å². The highest BCUT2D eigenvalue weighted by Crippen LogP contribution is 2.25. The maximum atomic E-state index is 12.6. The molecule has 0 radical (unpaired) electrons. The number of unbranched alkanes of at least 4 members (excludes halogenated alkanes) is 1. The molecule has 1 saturated heterocycles. The van der Waals surface area contributed by atoms with Crippen LogP contribution in [0, 0.1) is 0 Å². The number of aliphatic imine (C=N–C) groups is 1. The summed E-state index contributed by atoms with van der Waals surface area (Å²) in [4.78, 5) is 16.9. The predicted molar refractivity (Wildman–Crippen MR) is 131 cm³/mol. The van der Waals surface area contributed by atoms with Gasteiger partial charge in [-0.25, -0.2) is 4.79 Å². The van der Waals surface area contributed by atoms with Crippen molar-refractivity contribution in [1.29, 1.82) is 0 Å². The second-order valence-corrected chi connectivity index (χ2v) is 7.87. The van der Waals surface area contributed by atoms with Crippen LogP contribution in [0.25, 0.3) is 0 Å². The van der Waals surface area contributed by atoms with Gasteiger partial charge in [0.15, 0.2) is 18.7 Å².